The summed E-state index contributed by atoms with van der Waals surface area (Å²) in [6, 6.07) is 14.3. The molecule has 0 aliphatic heterocycles. The van der Waals surface area contributed by atoms with Gasteiger partial charge >= 0.3 is 0 Å². The predicted molar refractivity (Wildman–Crippen MR) is 75.2 cm³/mol. The topological polar surface area (TPSA) is 17.3 Å². The van der Waals surface area contributed by atoms with E-state index in [1.165, 1.54) is 16.3 Å². The normalized spacial score (nSPS) is 11.6. The Morgan fingerprint density at radius 2 is 1.83 bits per heavy atom. The van der Waals surface area contributed by atoms with Gasteiger partial charge in [-0.05, 0) is 23.6 Å². The summed E-state index contributed by atoms with van der Waals surface area (Å²) in [4.78, 5) is 4.44. The summed E-state index contributed by atoms with van der Waals surface area (Å²) in [5.41, 5.74) is 2.12. The molecule has 2 aromatic carbocycles. The van der Waals surface area contributed by atoms with Crippen LogP contribution in [-0.2, 0) is 0 Å². The van der Waals surface area contributed by atoms with Crippen molar-refractivity contribution in [1.29, 1.82) is 0 Å². The monoisotopic (exact) mass is 252 g/mol. The van der Waals surface area contributed by atoms with Crippen LogP contribution in [0.5, 0.6) is 0 Å². The Balaban J connectivity index is 2.44. The van der Waals surface area contributed by atoms with E-state index in [4.69, 9.17) is 11.6 Å². The zero-order chi connectivity index (χ0) is 12.1. The highest BCUT2D eigenvalue weighted by molar-refractivity contribution is 6.32. The number of para-hydroxylation sites is 1. The van der Waals surface area contributed by atoms with Crippen LogP contribution in [0.15, 0.2) is 54.9 Å². The van der Waals surface area contributed by atoms with Gasteiger partial charge in [0.05, 0.1) is 5.52 Å². The Bertz CT molecular complexity index is 893. The molecule has 0 fully saturated rings. The summed E-state index contributed by atoms with van der Waals surface area (Å²) in [5, 5.41) is 4.23. The molecule has 86 valence electrons. The SMILES string of the molecule is Clc1ccc2c3ccccc3n3ccnc3c2c1. The van der Waals surface area contributed by atoms with Gasteiger partial charge in [-0.15, -0.1) is 0 Å². The second-order valence-electron chi connectivity index (χ2n) is 4.33. The minimum Gasteiger partial charge on any atom is -0.299 e. The third-order valence-electron chi connectivity index (χ3n) is 3.32. The van der Waals surface area contributed by atoms with Crippen LogP contribution in [0.4, 0.5) is 0 Å². The van der Waals surface area contributed by atoms with Gasteiger partial charge in [0.1, 0.15) is 5.65 Å². The highest BCUT2D eigenvalue weighted by Crippen LogP contribution is 2.30. The van der Waals surface area contributed by atoms with Crippen molar-refractivity contribution >= 4 is 38.9 Å². The maximum Gasteiger partial charge on any atom is 0.145 e. The predicted octanol–water partition coefficient (Wildman–Crippen LogP) is 4.29. The molecule has 0 N–H and O–H groups in total. The van der Waals surface area contributed by atoms with Gasteiger partial charge in [-0.2, -0.15) is 0 Å². The molecule has 0 spiro atoms. The van der Waals surface area contributed by atoms with Crippen LogP contribution < -0.4 is 0 Å². The molecule has 2 heterocycles. The van der Waals surface area contributed by atoms with Crippen molar-refractivity contribution in [2.75, 3.05) is 0 Å². The molecule has 0 aliphatic carbocycles. The Hall–Kier alpha value is -2.06. The minimum atomic E-state index is 0.739. The molecule has 4 aromatic rings. The van der Waals surface area contributed by atoms with Crippen LogP contribution in [-0.4, -0.2) is 9.38 Å². The number of hydrogen-bond acceptors (Lipinski definition) is 1. The average molecular weight is 253 g/mol. The van der Waals surface area contributed by atoms with Crippen LogP contribution in [0.25, 0.3) is 27.3 Å². The van der Waals surface area contributed by atoms with Crippen molar-refractivity contribution in [1.82, 2.24) is 9.38 Å². The van der Waals surface area contributed by atoms with Crippen molar-refractivity contribution < 1.29 is 0 Å². The molecule has 3 heteroatoms. The lowest BCUT2D eigenvalue weighted by Gasteiger charge is -2.08. The van der Waals surface area contributed by atoms with Gasteiger partial charge in [-0.1, -0.05) is 35.9 Å². The second kappa shape index (κ2) is 3.47. The fourth-order valence-corrected chi connectivity index (χ4v) is 2.72. The standard InChI is InChI=1S/C15H9ClN2/c16-10-5-6-11-12-3-1-2-4-14(12)18-8-7-17-15(18)13(11)9-10/h1-9H. The molecule has 2 aromatic heterocycles. The summed E-state index contributed by atoms with van der Waals surface area (Å²) in [6.07, 6.45) is 3.81. The first-order chi connectivity index (χ1) is 8.84. The lowest BCUT2D eigenvalue weighted by Crippen LogP contribution is -1.89. The molecule has 0 saturated carbocycles. The first kappa shape index (κ1) is 9.92. The van der Waals surface area contributed by atoms with Gasteiger partial charge in [0, 0.05) is 28.2 Å². The molecule has 0 amide bonds. The fraction of sp³-hybridized carbons (Fsp3) is 0. The first-order valence-corrected chi connectivity index (χ1v) is 6.15. The maximum absolute atomic E-state index is 6.10. The molecule has 0 saturated heterocycles. The molecular formula is C15H9ClN2. The number of benzene rings is 2. The molecule has 0 bridgehead atoms. The first-order valence-electron chi connectivity index (χ1n) is 5.77. The smallest absolute Gasteiger partial charge is 0.145 e. The Kier molecular flexibility index (Phi) is 1.91. The summed E-state index contributed by atoms with van der Waals surface area (Å²) in [5.74, 6) is 0. The van der Waals surface area contributed by atoms with E-state index >= 15 is 0 Å². The number of fused-ring (bicyclic) bond motifs is 6. The van der Waals surface area contributed by atoms with Gasteiger partial charge in [0.15, 0.2) is 0 Å². The third-order valence-corrected chi connectivity index (χ3v) is 3.55. The van der Waals surface area contributed by atoms with E-state index in [1.54, 1.807) is 0 Å². The summed E-state index contributed by atoms with van der Waals surface area (Å²) in [7, 11) is 0. The number of halogens is 1. The van der Waals surface area contributed by atoms with Crippen LogP contribution in [0.3, 0.4) is 0 Å². The molecular weight excluding hydrogens is 244 g/mol. The fourth-order valence-electron chi connectivity index (χ4n) is 2.54. The summed E-state index contributed by atoms with van der Waals surface area (Å²) < 4.78 is 2.11. The van der Waals surface area contributed by atoms with Gasteiger partial charge in [0.25, 0.3) is 0 Å². The minimum absolute atomic E-state index is 0.739. The van der Waals surface area contributed by atoms with E-state index in [-0.39, 0.29) is 0 Å². The number of rotatable bonds is 0. The van der Waals surface area contributed by atoms with Crippen molar-refractivity contribution in [3.8, 4) is 0 Å². The molecule has 0 unspecified atom stereocenters. The number of pyridine rings is 1. The lowest BCUT2D eigenvalue weighted by molar-refractivity contribution is 1.27. The van der Waals surface area contributed by atoms with E-state index in [9.17, 15) is 0 Å². The van der Waals surface area contributed by atoms with Gasteiger partial charge in [-0.3, -0.25) is 4.40 Å². The van der Waals surface area contributed by atoms with E-state index in [0.717, 1.165) is 16.1 Å². The van der Waals surface area contributed by atoms with Crippen molar-refractivity contribution in [2.24, 2.45) is 0 Å². The molecule has 18 heavy (non-hydrogen) atoms. The molecule has 0 atom stereocenters. The van der Waals surface area contributed by atoms with E-state index in [1.807, 2.05) is 30.6 Å². The van der Waals surface area contributed by atoms with Gasteiger partial charge in [0.2, 0.25) is 0 Å². The van der Waals surface area contributed by atoms with Crippen LogP contribution >= 0.6 is 11.6 Å². The molecule has 0 aliphatic rings. The quantitative estimate of drug-likeness (QED) is 0.427. The van der Waals surface area contributed by atoms with Gasteiger partial charge in [-0.25, -0.2) is 4.98 Å². The average Bonchev–Trinajstić information content (AvgIpc) is 2.88. The van der Waals surface area contributed by atoms with Crippen LogP contribution in [0, 0.1) is 0 Å². The molecule has 4 rings (SSSR count). The second-order valence-corrected chi connectivity index (χ2v) is 4.76. The van der Waals surface area contributed by atoms with Crippen LogP contribution in [0.1, 0.15) is 0 Å². The lowest BCUT2D eigenvalue weighted by atomic mass is 10.1. The number of nitrogens with zero attached hydrogens (tertiary/aromatic N) is 2. The van der Waals surface area contributed by atoms with Crippen LogP contribution in [0.2, 0.25) is 5.02 Å². The van der Waals surface area contributed by atoms with E-state index < -0.39 is 0 Å². The van der Waals surface area contributed by atoms with Crippen molar-refractivity contribution in [3.05, 3.63) is 59.9 Å². The Labute approximate surface area is 108 Å². The summed E-state index contributed by atoms with van der Waals surface area (Å²) in [6.45, 7) is 0. The van der Waals surface area contributed by atoms with E-state index in [2.05, 4.69) is 33.7 Å². The van der Waals surface area contributed by atoms with Crippen molar-refractivity contribution in [2.45, 2.75) is 0 Å². The zero-order valence-corrected chi connectivity index (χ0v) is 10.2. The number of imidazole rings is 1. The highest BCUT2D eigenvalue weighted by Gasteiger charge is 2.08. The largest absolute Gasteiger partial charge is 0.299 e. The molecule has 0 radical (unpaired) electrons. The Morgan fingerprint density at radius 3 is 2.78 bits per heavy atom. The Morgan fingerprint density at radius 1 is 0.944 bits per heavy atom. The summed E-state index contributed by atoms with van der Waals surface area (Å²) >= 11 is 6.10. The molecule has 2 nitrogen and oxygen atoms in total. The van der Waals surface area contributed by atoms with Gasteiger partial charge < -0.3 is 0 Å². The van der Waals surface area contributed by atoms with Crippen molar-refractivity contribution in [3.63, 3.8) is 0 Å². The third kappa shape index (κ3) is 1.21. The number of aromatic nitrogens is 2. The maximum atomic E-state index is 6.10. The van der Waals surface area contributed by atoms with E-state index in [0.29, 0.717) is 0 Å². The number of hydrogen-bond donors (Lipinski definition) is 0. The zero-order valence-electron chi connectivity index (χ0n) is 9.47. The highest BCUT2D eigenvalue weighted by atomic mass is 35.5.